The number of halogens is 2. The maximum absolute atomic E-state index is 12.6. The summed E-state index contributed by atoms with van der Waals surface area (Å²) in [4.78, 5) is 0.161. The second-order valence-corrected chi connectivity index (χ2v) is 7.38. The first kappa shape index (κ1) is 16.8. The Kier molecular flexibility index (Phi) is 6.11. The summed E-state index contributed by atoms with van der Waals surface area (Å²) in [6.45, 7) is 4.88. The Labute approximate surface area is 128 Å². The predicted octanol–water partition coefficient (Wildman–Crippen LogP) is 3.50. The van der Waals surface area contributed by atoms with Gasteiger partial charge in [0, 0.05) is 17.6 Å². The third-order valence-electron chi connectivity index (χ3n) is 2.62. The average molecular weight is 370 g/mol. The summed E-state index contributed by atoms with van der Waals surface area (Å²) >= 11 is 9.17. The Bertz CT molecular complexity index is 543. The fourth-order valence-electron chi connectivity index (χ4n) is 1.73. The van der Waals surface area contributed by atoms with Crippen LogP contribution < -0.4 is 5.73 Å². The molecule has 2 N–H and O–H groups in total. The minimum absolute atomic E-state index is 0.161. The predicted molar refractivity (Wildman–Crippen MR) is 82.9 cm³/mol. The Hall–Kier alpha value is -0.300. The SMILES string of the molecule is CCCN(CCC)S(=O)(=O)c1cc(Cl)c(N)cc1Br. The summed E-state index contributed by atoms with van der Waals surface area (Å²) in [6, 6.07) is 2.92. The number of anilines is 1. The number of hydrogen-bond acceptors (Lipinski definition) is 3. The van der Waals surface area contributed by atoms with Crippen LogP contribution in [-0.4, -0.2) is 25.8 Å². The van der Waals surface area contributed by atoms with Crippen molar-refractivity contribution in [2.24, 2.45) is 0 Å². The average Bonchev–Trinajstić information content (AvgIpc) is 2.33. The van der Waals surface area contributed by atoms with Gasteiger partial charge in [-0.25, -0.2) is 8.42 Å². The molecule has 0 aliphatic rings. The Morgan fingerprint density at radius 3 is 2.26 bits per heavy atom. The van der Waals surface area contributed by atoms with Crippen LogP contribution in [0, 0.1) is 0 Å². The number of nitrogens with two attached hydrogens (primary N) is 1. The Morgan fingerprint density at radius 2 is 1.79 bits per heavy atom. The highest BCUT2D eigenvalue weighted by Crippen LogP contribution is 2.32. The van der Waals surface area contributed by atoms with Crippen LogP contribution in [-0.2, 0) is 10.0 Å². The molecule has 0 saturated carbocycles. The van der Waals surface area contributed by atoms with Crippen molar-refractivity contribution in [1.82, 2.24) is 4.31 Å². The molecule has 0 bridgehead atoms. The van der Waals surface area contributed by atoms with Crippen LogP contribution in [0.2, 0.25) is 5.02 Å². The smallest absolute Gasteiger partial charge is 0.244 e. The van der Waals surface area contributed by atoms with Crippen LogP contribution in [0.3, 0.4) is 0 Å². The normalized spacial score (nSPS) is 12.1. The zero-order valence-electron chi connectivity index (χ0n) is 11.0. The fourth-order valence-corrected chi connectivity index (χ4v) is 4.63. The summed E-state index contributed by atoms with van der Waals surface area (Å²) < 4.78 is 27.1. The molecule has 1 aromatic rings. The third kappa shape index (κ3) is 3.84. The standard InChI is InChI=1S/C12H18BrClN2O2S/c1-3-5-16(6-4-2)19(17,18)12-8-10(14)11(15)7-9(12)13/h7-8H,3-6,15H2,1-2H3. The molecule has 0 heterocycles. The van der Waals surface area contributed by atoms with Crippen molar-refractivity contribution < 1.29 is 8.42 Å². The zero-order valence-corrected chi connectivity index (χ0v) is 14.1. The highest BCUT2D eigenvalue weighted by atomic mass is 79.9. The molecule has 108 valence electrons. The van der Waals surface area contributed by atoms with Gasteiger partial charge >= 0.3 is 0 Å². The van der Waals surface area contributed by atoms with Crippen LogP contribution in [0.15, 0.2) is 21.5 Å². The lowest BCUT2D eigenvalue weighted by atomic mass is 10.3. The van der Waals surface area contributed by atoms with E-state index in [1.807, 2.05) is 13.8 Å². The molecule has 19 heavy (non-hydrogen) atoms. The molecular weight excluding hydrogens is 352 g/mol. The van der Waals surface area contributed by atoms with E-state index in [0.717, 1.165) is 12.8 Å². The number of hydrogen-bond donors (Lipinski definition) is 1. The Morgan fingerprint density at radius 1 is 1.26 bits per heavy atom. The summed E-state index contributed by atoms with van der Waals surface area (Å²) in [6.07, 6.45) is 1.53. The molecule has 0 radical (unpaired) electrons. The number of rotatable bonds is 6. The lowest BCUT2D eigenvalue weighted by Gasteiger charge is -2.22. The molecule has 1 aromatic carbocycles. The lowest BCUT2D eigenvalue weighted by Crippen LogP contribution is -2.32. The molecule has 0 aromatic heterocycles. The van der Waals surface area contributed by atoms with E-state index in [9.17, 15) is 8.42 Å². The molecule has 0 atom stereocenters. The van der Waals surface area contributed by atoms with E-state index in [4.69, 9.17) is 17.3 Å². The van der Waals surface area contributed by atoms with E-state index in [0.29, 0.717) is 23.2 Å². The molecule has 0 unspecified atom stereocenters. The van der Waals surface area contributed by atoms with Crippen molar-refractivity contribution in [3.63, 3.8) is 0 Å². The van der Waals surface area contributed by atoms with Gasteiger partial charge in [0.15, 0.2) is 0 Å². The molecule has 0 spiro atoms. The number of sulfonamides is 1. The van der Waals surface area contributed by atoms with Gasteiger partial charge in [-0.2, -0.15) is 4.31 Å². The number of benzene rings is 1. The molecule has 7 heteroatoms. The van der Waals surface area contributed by atoms with Crippen molar-refractivity contribution in [2.45, 2.75) is 31.6 Å². The summed E-state index contributed by atoms with van der Waals surface area (Å²) in [5, 5.41) is 0.245. The van der Waals surface area contributed by atoms with Crippen molar-refractivity contribution >= 4 is 43.2 Å². The number of nitrogen functional groups attached to an aromatic ring is 1. The number of nitrogens with zero attached hydrogens (tertiary/aromatic N) is 1. The summed E-state index contributed by atoms with van der Waals surface area (Å²) in [7, 11) is -3.55. The molecule has 0 fully saturated rings. The second-order valence-electron chi connectivity index (χ2n) is 4.21. The molecule has 0 aliphatic carbocycles. The van der Waals surface area contributed by atoms with Crippen LogP contribution >= 0.6 is 27.5 Å². The molecule has 4 nitrogen and oxygen atoms in total. The van der Waals surface area contributed by atoms with Crippen LogP contribution in [0.5, 0.6) is 0 Å². The van der Waals surface area contributed by atoms with Crippen LogP contribution in [0.1, 0.15) is 26.7 Å². The van der Waals surface area contributed by atoms with Gasteiger partial charge in [0.05, 0.1) is 15.6 Å². The van der Waals surface area contributed by atoms with Gasteiger partial charge in [0.25, 0.3) is 0 Å². The first-order valence-electron chi connectivity index (χ1n) is 6.09. The van der Waals surface area contributed by atoms with Gasteiger partial charge in [0.1, 0.15) is 0 Å². The summed E-state index contributed by atoms with van der Waals surface area (Å²) in [5.74, 6) is 0. The van der Waals surface area contributed by atoms with Gasteiger partial charge in [-0.3, -0.25) is 0 Å². The van der Waals surface area contributed by atoms with E-state index < -0.39 is 10.0 Å². The molecule has 0 aliphatic heterocycles. The third-order valence-corrected chi connectivity index (χ3v) is 5.80. The lowest BCUT2D eigenvalue weighted by molar-refractivity contribution is 0.409. The largest absolute Gasteiger partial charge is 0.397 e. The topological polar surface area (TPSA) is 63.4 Å². The van der Waals surface area contributed by atoms with Gasteiger partial charge in [-0.1, -0.05) is 25.4 Å². The van der Waals surface area contributed by atoms with Crippen molar-refractivity contribution in [2.75, 3.05) is 18.8 Å². The van der Waals surface area contributed by atoms with E-state index in [2.05, 4.69) is 15.9 Å². The second kappa shape index (κ2) is 6.92. The van der Waals surface area contributed by atoms with Crippen molar-refractivity contribution in [3.8, 4) is 0 Å². The van der Waals surface area contributed by atoms with Crippen molar-refractivity contribution in [1.29, 1.82) is 0 Å². The zero-order chi connectivity index (χ0) is 14.6. The van der Waals surface area contributed by atoms with E-state index in [1.165, 1.54) is 16.4 Å². The van der Waals surface area contributed by atoms with Gasteiger partial charge < -0.3 is 5.73 Å². The van der Waals surface area contributed by atoms with Gasteiger partial charge in [-0.15, -0.1) is 0 Å². The maximum atomic E-state index is 12.6. The minimum Gasteiger partial charge on any atom is -0.397 e. The fraction of sp³-hybridized carbons (Fsp3) is 0.500. The van der Waals surface area contributed by atoms with E-state index in [-0.39, 0.29) is 9.92 Å². The van der Waals surface area contributed by atoms with Gasteiger partial charge in [0.2, 0.25) is 10.0 Å². The van der Waals surface area contributed by atoms with Crippen LogP contribution in [0.25, 0.3) is 0 Å². The maximum Gasteiger partial charge on any atom is 0.244 e. The molecule has 0 saturated heterocycles. The van der Waals surface area contributed by atoms with E-state index in [1.54, 1.807) is 0 Å². The minimum atomic E-state index is -3.55. The molecular formula is C12H18BrClN2O2S. The van der Waals surface area contributed by atoms with Gasteiger partial charge in [-0.05, 0) is 40.9 Å². The quantitative estimate of drug-likeness (QED) is 0.781. The van der Waals surface area contributed by atoms with Crippen LogP contribution in [0.4, 0.5) is 5.69 Å². The highest BCUT2D eigenvalue weighted by molar-refractivity contribution is 9.10. The summed E-state index contributed by atoms with van der Waals surface area (Å²) in [5.41, 5.74) is 6.01. The van der Waals surface area contributed by atoms with Crippen molar-refractivity contribution in [3.05, 3.63) is 21.6 Å². The molecule has 1 rings (SSSR count). The van der Waals surface area contributed by atoms with E-state index >= 15 is 0 Å². The first-order valence-corrected chi connectivity index (χ1v) is 8.70. The first-order chi connectivity index (χ1) is 8.84. The Balaban J connectivity index is 3.28. The molecule has 0 amide bonds. The monoisotopic (exact) mass is 368 g/mol. The highest BCUT2D eigenvalue weighted by Gasteiger charge is 2.26.